The summed E-state index contributed by atoms with van der Waals surface area (Å²) in [5.41, 5.74) is 2.64. The molecule has 0 radical (unpaired) electrons. The van der Waals surface area contributed by atoms with Crippen molar-refractivity contribution in [3.63, 3.8) is 0 Å². The summed E-state index contributed by atoms with van der Waals surface area (Å²) < 4.78 is 1.68. The molecule has 3 rings (SSSR count). The molecule has 1 N–H and O–H groups in total. The molecular formula is C16H21N5O2. The minimum Gasteiger partial charge on any atom is -0.334 e. The van der Waals surface area contributed by atoms with Gasteiger partial charge in [0.15, 0.2) is 0 Å². The van der Waals surface area contributed by atoms with Crippen LogP contribution in [-0.2, 0) is 25.4 Å². The number of aromatic nitrogens is 4. The second kappa shape index (κ2) is 5.33. The highest BCUT2D eigenvalue weighted by Crippen LogP contribution is 2.26. The molecule has 0 bridgehead atoms. The van der Waals surface area contributed by atoms with Crippen LogP contribution in [0.5, 0.6) is 0 Å². The van der Waals surface area contributed by atoms with Crippen LogP contribution in [0.15, 0.2) is 17.1 Å². The molecule has 0 atom stereocenters. The Labute approximate surface area is 134 Å². The van der Waals surface area contributed by atoms with Crippen molar-refractivity contribution in [2.45, 2.75) is 39.2 Å². The van der Waals surface area contributed by atoms with Crippen LogP contribution in [0.1, 0.15) is 48.1 Å². The van der Waals surface area contributed by atoms with Crippen LogP contribution >= 0.6 is 0 Å². The van der Waals surface area contributed by atoms with Crippen molar-refractivity contribution in [1.82, 2.24) is 24.9 Å². The van der Waals surface area contributed by atoms with E-state index in [4.69, 9.17) is 0 Å². The zero-order chi connectivity index (χ0) is 16.8. The maximum Gasteiger partial charge on any atom is 0.264 e. The van der Waals surface area contributed by atoms with Crippen molar-refractivity contribution in [1.29, 1.82) is 0 Å². The average molecular weight is 315 g/mol. The van der Waals surface area contributed by atoms with E-state index in [0.717, 1.165) is 17.0 Å². The first kappa shape index (κ1) is 15.5. The van der Waals surface area contributed by atoms with Gasteiger partial charge in [-0.25, -0.2) is 5.10 Å². The summed E-state index contributed by atoms with van der Waals surface area (Å²) in [4.78, 5) is 26.1. The fraction of sp³-hybridized carbons (Fsp3) is 0.500. The number of nitrogens with zero attached hydrogens (tertiary/aromatic N) is 4. The van der Waals surface area contributed by atoms with Crippen LogP contribution in [0.25, 0.3) is 0 Å². The van der Waals surface area contributed by atoms with Crippen LogP contribution in [0.3, 0.4) is 0 Å². The van der Waals surface area contributed by atoms with Gasteiger partial charge in [-0.3, -0.25) is 14.3 Å². The van der Waals surface area contributed by atoms with E-state index in [1.165, 1.54) is 6.07 Å². The van der Waals surface area contributed by atoms with E-state index in [1.807, 2.05) is 27.8 Å². The van der Waals surface area contributed by atoms with Gasteiger partial charge in [-0.2, -0.15) is 10.2 Å². The van der Waals surface area contributed by atoms with E-state index in [0.29, 0.717) is 25.1 Å². The molecule has 0 unspecified atom stereocenters. The molecule has 0 aromatic carbocycles. The van der Waals surface area contributed by atoms with Gasteiger partial charge in [-0.15, -0.1) is 0 Å². The van der Waals surface area contributed by atoms with E-state index < -0.39 is 0 Å². The van der Waals surface area contributed by atoms with Gasteiger partial charge in [0, 0.05) is 49.8 Å². The first-order valence-corrected chi connectivity index (χ1v) is 7.66. The summed E-state index contributed by atoms with van der Waals surface area (Å²) in [5.74, 6) is -0.0473. The maximum absolute atomic E-state index is 12.9. The molecule has 122 valence electrons. The summed E-state index contributed by atoms with van der Waals surface area (Å²) in [6, 6.07) is 1.52. The number of hydrogen-bond donors (Lipinski definition) is 1. The smallest absolute Gasteiger partial charge is 0.264 e. The average Bonchev–Trinajstić information content (AvgIpc) is 2.88. The van der Waals surface area contributed by atoms with Gasteiger partial charge in [-0.05, 0) is 0 Å². The van der Waals surface area contributed by atoms with Crippen LogP contribution < -0.4 is 5.56 Å². The zero-order valence-corrected chi connectivity index (χ0v) is 13.9. The molecule has 1 aliphatic rings. The number of carbonyl (C=O) groups is 1. The molecule has 0 aliphatic carbocycles. The lowest BCUT2D eigenvalue weighted by molar-refractivity contribution is 0.0730. The number of nitrogens with one attached hydrogen (secondary N) is 1. The van der Waals surface area contributed by atoms with Gasteiger partial charge in [0.25, 0.3) is 11.5 Å². The minimum absolute atomic E-state index is 0.0473. The Morgan fingerprint density at radius 1 is 1.35 bits per heavy atom. The second-order valence-electron chi connectivity index (χ2n) is 7.00. The Hall–Kier alpha value is -2.44. The molecule has 2 aromatic heterocycles. The molecule has 0 spiro atoms. The largest absolute Gasteiger partial charge is 0.334 e. The third-order valence-electron chi connectivity index (χ3n) is 4.01. The van der Waals surface area contributed by atoms with Gasteiger partial charge in [0.2, 0.25) is 0 Å². The number of aromatic amines is 1. The van der Waals surface area contributed by atoms with E-state index in [9.17, 15) is 9.59 Å². The molecule has 1 aliphatic heterocycles. The standard InChI is InChI=1S/C16H21N5O2/c1-16(2,3)14-11(9-20(4)19-14)15(23)21-6-5-12-10(8-21)7-13(22)18-17-12/h7,9H,5-6,8H2,1-4H3,(H,18,22). The van der Waals surface area contributed by atoms with Crippen molar-refractivity contribution >= 4 is 5.91 Å². The Morgan fingerprint density at radius 3 is 2.78 bits per heavy atom. The van der Waals surface area contributed by atoms with E-state index in [1.54, 1.807) is 15.8 Å². The number of fused-ring (bicyclic) bond motifs is 1. The highest BCUT2D eigenvalue weighted by molar-refractivity contribution is 5.95. The van der Waals surface area contributed by atoms with Crippen molar-refractivity contribution in [2.75, 3.05) is 6.54 Å². The van der Waals surface area contributed by atoms with Crippen LogP contribution in [0, 0.1) is 0 Å². The van der Waals surface area contributed by atoms with E-state index in [-0.39, 0.29) is 16.9 Å². The molecule has 0 saturated carbocycles. The van der Waals surface area contributed by atoms with Gasteiger partial charge < -0.3 is 4.90 Å². The van der Waals surface area contributed by atoms with Gasteiger partial charge >= 0.3 is 0 Å². The summed E-state index contributed by atoms with van der Waals surface area (Å²) in [7, 11) is 1.82. The number of rotatable bonds is 1. The molecule has 7 nitrogen and oxygen atoms in total. The summed E-state index contributed by atoms with van der Waals surface area (Å²) in [6.45, 7) is 7.12. The van der Waals surface area contributed by atoms with Crippen LogP contribution in [0.2, 0.25) is 0 Å². The van der Waals surface area contributed by atoms with E-state index in [2.05, 4.69) is 15.3 Å². The van der Waals surface area contributed by atoms with Crippen molar-refractivity contribution < 1.29 is 4.79 Å². The summed E-state index contributed by atoms with van der Waals surface area (Å²) in [6.07, 6.45) is 2.41. The predicted octanol–water partition coefficient (Wildman–Crippen LogP) is 0.999. The lowest BCUT2D eigenvalue weighted by Gasteiger charge is -2.28. The molecule has 0 saturated heterocycles. The highest BCUT2D eigenvalue weighted by Gasteiger charge is 2.30. The fourth-order valence-electron chi connectivity index (χ4n) is 2.89. The van der Waals surface area contributed by atoms with Crippen LogP contribution in [0.4, 0.5) is 0 Å². The first-order chi connectivity index (χ1) is 10.8. The Bertz CT molecular complexity index is 813. The first-order valence-electron chi connectivity index (χ1n) is 7.66. The van der Waals surface area contributed by atoms with E-state index >= 15 is 0 Å². The number of amides is 1. The lowest BCUT2D eigenvalue weighted by atomic mass is 9.89. The normalized spacial score (nSPS) is 14.7. The molecule has 3 heterocycles. The van der Waals surface area contributed by atoms with Crippen molar-refractivity contribution in [3.8, 4) is 0 Å². The van der Waals surface area contributed by atoms with Crippen molar-refractivity contribution in [2.24, 2.45) is 7.05 Å². The molecule has 2 aromatic rings. The number of hydrogen-bond acceptors (Lipinski definition) is 4. The van der Waals surface area contributed by atoms with Gasteiger partial charge in [0.1, 0.15) is 0 Å². The third kappa shape index (κ3) is 2.91. The maximum atomic E-state index is 12.9. The zero-order valence-electron chi connectivity index (χ0n) is 13.9. The Kier molecular flexibility index (Phi) is 3.58. The predicted molar refractivity (Wildman–Crippen MR) is 85.2 cm³/mol. The molecule has 23 heavy (non-hydrogen) atoms. The van der Waals surface area contributed by atoms with Gasteiger partial charge in [-0.1, -0.05) is 20.8 Å². The van der Waals surface area contributed by atoms with Crippen LogP contribution in [-0.4, -0.2) is 37.3 Å². The lowest BCUT2D eigenvalue weighted by Crippen LogP contribution is -2.38. The summed E-state index contributed by atoms with van der Waals surface area (Å²) in [5, 5.41) is 11.0. The number of aryl methyl sites for hydroxylation is 1. The molecule has 7 heteroatoms. The summed E-state index contributed by atoms with van der Waals surface area (Å²) >= 11 is 0. The topological polar surface area (TPSA) is 83.9 Å². The van der Waals surface area contributed by atoms with Gasteiger partial charge in [0.05, 0.1) is 17.0 Å². The minimum atomic E-state index is -0.241. The monoisotopic (exact) mass is 315 g/mol. The number of H-pyrrole nitrogens is 1. The Balaban J connectivity index is 1.92. The van der Waals surface area contributed by atoms with Crippen molar-refractivity contribution in [3.05, 3.63) is 45.1 Å². The second-order valence-corrected chi connectivity index (χ2v) is 7.00. The molecule has 1 amide bonds. The molecule has 0 fully saturated rings. The quantitative estimate of drug-likeness (QED) is 0.851. The molecular weight excluding hydrogens is 294 g/mol. The Morgan fingerprint density at radius 2 is 2.09 bits per heavy atom. The third-order valence-corrected chi connectivity index (χ3v) is 4.01. The fourth-order valence-corrected chi connectivity index (χ4v) is 2.89. The number of carbonyl (C=O) groups excluding carboxylic acids is 1. The highest BCUT2D eigenvalue weighted by atomic mass is 16.2. The SMILES string of the molecule is Cn1cc(C(=O)N2CCc3n[nH]c(=O)cc3C2)c(C(C)(C)C)n1.